The first-order chi connectivity index (χ1) is 13.5. The number of hydrogen-bond donors (Lipinski definition) is 2. The molecule has 0 saturated carbocycles. The van der Waals surface area contributed by atoms with Crippen LogP contribution in [0.5, 0.6) is 0 Å². The van der Waals surface area contributed by atoms with E-state index in [1.807, 2.05) is 48.3 Å². The second-order valence-corrected chi connectivity index (χ2v) is 6.83. The predicted molar refractivity (Wildman–Crippen MR) is 111 cm³/mol. The first-order valence-electron chi connectivity index (χ1n) is 9.33. The van der Waals surface area contributed by atoms with Crippen molar-refractivity contribution in [3.63, 3.8) is 0 Å². The van der Waals surface area contributed by atoms with Crippen LogP contribution in [0, 0.1) is 12.7 Å². The maximum absolute atomic E-state index is 13.8. The maximum Gasteiger partial charge on any atom is 0.191 e. The van der Waals surface area contributed by atoms with E-state index in [-0.39, 0.29) is 11.9 Å². The van der Waals surface area contributed by atoms with Crippen LogP contribution in [0.4, 0.5) is 4.39 Å². The Hall–Kier alpha value is -3.15. The number of aromatic nitrogens is 2. The Balaban J connectivity index is 1.54. The van der Waals surface area contributed by atoms with Crippen LogP contribution in [-0.2, 0) is 13.1 Å². The molecule has 3 aromatic rings. The average Bonchev–Trinajstić information content (AvgIpc) is 3.15. The second-order valence-electron chi connectivity index (χ2n) is 6.83. The third kappa shape index (κ3) is 5.19. The molecule has 1 aromatic heterocycles. The molecule has 6 heteroatoms. The lowest BCUT2D eigenvalue weighted by Crippen LogP contribution is -2.38. The van der Waals surface area contributed by atoms with Gasteiger partial charge in [-0.25, -0.2) is 4.39 Å². The van der Waals surface area contributed by atoms with Gasteiger partial charge in [-0.05, 0) is 36.6 Å². The van der Waals surface area contributed by atoms with Crippen LogP contribution in [0.25, 0.3) is 0 Å². The van der Waals surface area contributed by atoms with Crippen molar-refractivity contribution in [1.29, 1.82) is 0 Å². The van der Waals surface area contributed by atoms with Crippen LogP contribution in [0.2, 0.25) is 0 Å². The minimum absolute atomic E-state index is 0.0675. The molecule has 0 amide bonds. The fourth-order valence-electron chi connectivity index (χ4n) is 2.90. The largest absolute Gasteiger partial charge is 0.352 e. The molecule has 0 saturated heterocycles. The molecule has 3 rings (SSSR count). The van der Waals surface area contributed by atoms with Crippen molar-refractivity contribution >= 4 is 5.96 Å². The average molecular weight is 379 g/mol. The Bertz CT molecular complexity index is 933. The predicted octanol–water partition coefficient (Wildman–Crippen LogP) is 3.81. The zero-order valence-electron chi connectivity index (χ0n) is 16.5. The van der Waals surface area contributed by atoms with Gasteiger partial charge in [0.1, 0.15) is 5.82 Å². The molecule has 1 atom stereocenters. The van der Waals surface area contributed by atoms with Gasteiger partial charge < -0.3 is 10.6 Å². The number of guanidine groups is 1. The summed E-state index contributed by atoms with van der Waals surface area (Å²) in [6.45, 7) is 5.08. The topological polar surface area (TPSA) is 54.2 Å². The Morgan fingerprint density at radius 1 is 1.18 bits per heavy atom. The molecule has 0 aliphatic carbocycles. The van der Waals surface area contributed by atoms with Crippen molar-refractivity contribution in [2.75, 3.05) is 7.05 Å². The zero-order chi connectivity index (χ0) is 19.9. The highest BCUT2D eigenvalue weighted by Crippen LogP contribution is 2.16. The normalized spacial score (nSPS) is 12.6. The van der Waals surface area contributed by atoms with Gasteiger partial charge >= 0.3 is 0 Å². The Kier molecular flexibility index (Phi) is 6.42. The molecule has 2 aromatic carbocycles. The fraction of sp³-hybridized carbons (Fsp3) is 0.273. The molecular weight excluding hydrogens is 353 g/mol. The molecule has 28 heavy (non-hydrogen) atoms. The van der Waals surface area contributed by atoms with E-state index in [9.17, 15) is 4.39 Å². The molecule has 1 unspecified atom stereocenters. The highest BCUT2D eigenvalue weighted by atomic mass is 19.1. The Morgan fingerprint density at radius 2 is 1.96 bits per heavy atom. The third-order valence-electron chi connectivity index (χ3n) is 4.61. The monoisotopic (exact) mass is 379 g/mol. The molecule has 146 valence electrons. The molecule has 1 heterocycles. The van der Waals surface area contributed by atoms with E-state index >= 15 is 0 Å². The molecule has 0 aliphatic heterocycles. The van der Waals surface area contributed by atoms with Gasteiger partial charge in [-0.2, -0.15) is 5.10 Å². The minimum atomic E-state index is -0.195. The summed E-state index contributed by atoms with van der Waals surface area (Å²) in [4.78, 5) is 4.26. The van der Waals surface area contributed by atoms with Crippen LogP contribution >= 0.6 is 0 Å². The molecular formula is C22H26FN5. The number of nitrogens with one attached hydrogen (secondary N) is 2. The van der Waals surface area contributed by atoms with Crippen LogP contribution in [0.1, 0.15) is 35.2 Å². The highest BCUT2D eigenvalue weighted by molar-refractivity contribution is 5.80. The highest BCUT2D eigenvalue weighted by Gasteiger charge is 2.10. The van der Waals surface area contributed by atoms with Crippen molar-refractivity contribution in [2.24, 2.45) is 4.99 Å². The SMILES string of the molecule is CN=C(NCc1cnn(Cc2ccccc2)c1)NC(C)c1ccc(C)c(F)c1. The van der Waals surface area contributed by atoms with Gasteiger partial charge in [-0.3, -0.25) is 9.67 Å². The molecule has 0 radical (unpaired) electrons. The first-order valence-corrected chi connectivity index (χ1v) is 9.33. The van der Waals surface area contributed by atoms with E-state index < -0.39 is 0 Å². The number of benzene rings is 2. The Labute approximate surface area is 165 Å². The van der Waals surface area contributed by atoms with E-state index in [2.05, 4.69) is 32.9 Å². The molecule has 0 aliphatic rings. The fourth-order valence-corrected chi connectivity index (χ4v) is 2.90. The number of hydrogen-bond acceptors (Lipinski definition) is 2. The first kappa shape index (κ1) is 19.6. The van der Waals surface area contributed by atoms with Gasteiger partial charge in [0.2, 0.25) is 0 Å². The van der Waals surface area contributed by atoms with Gasteiger partial charge in [0.25, 0.3) is 0 Å². The molecule has 0 spiro atoms. The van der Waals surface area contributed by atoms with E-state index in [1.165, 1.54) is 5.56 Å². The van der Waals surface area contributed by atoms with Crippen molar-refractivity contribution in [2.45, 2.75) is 33.0 Å². The number of nitrogens with zero attached hydrogens (tertiary/aromatic N) is 3. The lowest BCUT2D eigenvalue weighted by Gasteiger charge is -2.18. The summed E-state index contributed by atoms with van der Waals surface area (Å²) < 4.78 is 15.7. The van der Waals surface area contributed by atoms with Gasteiger partial charge in [-0.1, -0.05) is 42.5 Å². The summed E-state index contributed by atoms with van der Waals surface area (Å²) in [6, 6.07) is 15.4. The van der Waals surface area contributed by atoms with Gasteiger partial charge in [0, 0.05) is 25.4 Å². The summed E-state index contributed by atoms with van der Waals surface area (Å²) in [6.07, 6.45) is 3.87. The Morgan fingerprint density at radius 3 is 2.68 bits per heavy atom. The lowest BCUT2D eigenvalue weighted by molar-refractivity contribution is 0.607. The summed E-state index contributed by atoms with van der Waals surface area (Å²) in [5.74, 6) is 0.462. The van der Waals surface area contributed by atoms with Crippen molar-refractivity contribution in [3.8, 4) is 0 Å². The van der Waals surface area contributed by atoms with Gasteiger partial charge in [-0.15, -0.1) is 0 Å². The maximum atomic E-state index is 13.8. The van der Waals surface area contributed by atoms with Crippen molar-refractivity contribution in [1.82, 2.24) is 20.4 Å². The van der Waals surface area contributed by atoms with E-state index in [0.717, 1.165) is 17.7 Å². The standard InChI is InChI=1S/C22H26FN5/c1-16-9-10-20(11-21(16)23)17(2)27-22(24-3)25-12-19-13-26-28(15-19)14-18-7-5-4-6-8-18/h4-11,13,15,17H,12,14H2,1-3H3,(H2,24,25,27). The van der Waals surface area contributed by atoms with Crippen LogP contribution < -0.4 is 10.6 Å². The van der Waals surface area contributed by atoms with Crippen LogP contribution in [0.3, 0.4) is 0 Å². The summed E-state index contributed by atoms with van der Waals surface area (Å²) in [7, 11) is 1.72. The van der Waals surface area contributed by atoms with Crippen molar-refractivity contribution < 1.29 is 4.39 Å². The molecule has 5 nitrogen and oxygen atoms in total. The van der Waals surface area contributed by atoms with Crippen LogP contribution in [0.15, 0.2) is 65.9 Å². The summed E-state index contributed by atoms with van der Waals surface area (Å²) >= 11 is 0. The third-order valence-corrected chi connectivity index (χ3v) is 4.61. The number of halogens is 1. The van der Waals surface area contributed by atoms with E-state index in [4.69, 9.17) is 0 Å². The smallest absolute Gasteiger partial charge is 0.191 e. The summed E-state index contributed by atoms with van der Waals surface area (Å²) in [5.41, 5.74) is 3.79. The van der Waals surface area contributed by atoms with Gasteiger partial charge in [0.15, 0.2) is 5.96 Å². The molecule has 2 N–H and O–H groups in total. The number of aryl methyl sites for hydroxylation is 1. The second kappa shape index (κ2) is 9.17. The lowest BCUT2D eigenvalue weighted by atomic mass is 10.1. The van der Waals surface area contributed by atoms with Crippen LogP contribution in [-0.4, -0.2) is 22.8 Å². The zero-order valence-corrected chi connectivity index (χ0v) is 16.5. The number of aliphatic imine (C=N–C) groups is 1. The van der Waals surface area contributed by atoms with E-state index in [1.54, 1.807) is 26.1 Å². The van der Waals surface area contributed by atoms with Crippen molar-refractivity contribution in [3.05, 3.63) is 89.0 Å². The minimum Gasteiger partial charge on any atom is -0.352 e. The number of rotatable bonds is 6. The van der Waals surface area contributed by atoms with E-state index in [0.29, 0.717) is 18.1 Å². The van der Waals surface area contributed by atoms with Gasteiger partial charge in [0.05, 0.1) is 18.8 Å². The molecule has 0 fully saturated rings. The quantitative estimate of drug-likeness (QED) is 0.506. The molecule has 0 bridgehead atoms. The summed E-state index contributed by atoms with van der Waals surface area (Å²) in [5, 5.41) is 11.0.